The van der Waals surface area contributed by atoms with Crippen LogP contribution in [0.15, 0.2) is 48.5 Å². The maximum Gasteiger partial charge on any atom is 0.255 e. The fourth-order valence-electron chi connectivity index (χ4n) is 2.23. The molecule has 1 amide bonds. The molecular weight excluding hydrogens is 285 g/mol. The molecule has 116 valence electrons. The monoisotopic (exact) mass is 303 g/mol. The Balaban J connectivity index is 2.19. The maximum atomic E-state index is 13.2. The number of hydrogen-bond acceptors (Lipinski definition) is 3. The number of aliphatic hydroxyl groups excluding tert-OH is 1. The Hall–Kier alpha value is -2.40. The molecule has 0 aliphatic rings. The van der Waals surface area contributed by atoms with Crippen molar-refractivity contribution in [2.24, 2.45) is 0 Å². The van der Waals surface area contributed by atoms with Crippen LogP contribution in [-0.4, -0.2) is 22.7 Å². The zero-order chi connectivity index (χ0) is 15.9. The average molecular weight is 303 g/mol. The number of rotatable bonds is 6. The Bertz CT molecular complexity index is 631. The van der Waals surface area contributed by atoms with Crippen LogP contribution in [0.4, 0.5) is 4.39 Å². The van der Waals surface area contributed by atoms with E-state index in [1.165, 1.54) is 0 Å². The molecule has 1 unspecified atom stereocenters. The summed E-state index contributed by atoms with van der Waals surface area (Å²) >= 11 is 0. The molecule has 0 aliphatic carbocycles. The van der Waals surface area contributed by atoms with Gasteiger partial charge in [-0.1, -0.05) is 30.3 Å². The first-order valence-corrected chi connectivity index (χ1v) is 7.07. The van der Waals surface area contributed by atoms with E-state index < -0.39 is 11.7 Å². The molecule has 0 bridgehead atoms. The van der Waals surface area contributed by atoms with E-state index in [4.69, 9.17) is 5.11 Å². The van der Waals surface area contributed by atoms with Gasteiger partial charge in [-0.25, -0.2) is 4.39 Å². The number of phenols is 1. The van der Waals surface area contributed by atoms with Crippen LogP contribution in [0.1, 0.15) is 34.8 Å². The molecule has 0 saturated heterocycles. The molecule has 0 radical (unpaired) electrons. The van der Waals surface area contributed by atoms with Gasteiger partial charge in [0.1, 0.15) is 11.6 Å². The van der Waals surface area contributed by atoms with Crippen molar-refractivity contribution >= 4 is 5.91 Å². The summed E-state index contributed by atoms with van der Waals surface area (Å²) in [4.78, 5) is 12.3. The number of benzene rings is 2. The van der Waals surface area contributed by atoms with E-state index in [9.17, 15) is 14.3 Å². The lowest BCUT2D eigenvalue weighted by Gasteiger charge is -2.19. The highest BCUT2D eigenvalue weighted by Gasteiger charge is 2.18. The minimum absolute atomic E-state index is 0.0183. The zero-order valence-electron chi connectivity index (χ0n) is 12.0. The van der Waals surface area contributed by atoms with Crippen LogP contribution < -0.4 is 5.32 Å². The van der Waals surface area contributed by atoms with Crippen LogP contribution in [0.3, 0.4) is 0 Å². The second-order valence-corrected chi connectivity index (χ2v) is 4.96. The van der Waals surface area contributed by atoms with Crippen LogP contribution in [0.2, 0.25) is 0 Å². The smallest absolute Gasteiger partial charge is 0.255 e. The first-order valence-electron chi connectivity index (χ1n) is 7.07. The van der Waals surface area contributed by atoms with E-state index in [-0.39, 0.29) is 24.0 Å². The van der Waals surface area contributed by atoms with Crippen molar-refractivity contribution in [3.05, 3.63) is 65.5 Å². The molecule has 0 saturated carbocycles. The van der Waals surface area contributed by atoms with Gasteiger partial charge in [0.25, 0.3) is 5.91 Å². The van der Waals surface area contributed by atoms with Crippen LogP contribution >= 0.6 is 0 Å². The van der Waals surface area contributed by atoms with E-state index in [2.05, 4.69) is 5.32 Å². The fraction of sp³-hybridized carbons (Fsp3) is 0.235. The highest BCUT2D eigenvalue weighted by Crippen LogP contribution is 2.22. The van der Waals surface area contributed by atoms with Gasteiger partial charge < -0.3 is 15.5 Å². The summed E-state index contributed by atoms with van der Waals surface area (Å²) < 4.78 is 13.2. The average Bonchev–Trinajstić information content (AvgIpc) is 2.54. The lowest BCUT2D eigenvalue weighted by Crippen LogP contribution is -2.29. The van der Waals surface area contributed by atoms with E-state index in [1.54, 1.807) is 0 Å². The minimum Gasteiger partial charge on any atom is -0.507 e. The summed E-state index contributed by atoms with van der Waals surface area (Å²) in [7, 11) is 0. The molecule has 2 aromatic rings. The molecule has 0 fully saturated rings. The van der Waals surface area contributed by atoms with Crippen molar-refractivity contribution in [1.82, 2.24) is 5.32 Å². The van der Waals surface area contributed by atoms with Crippen LogP contribution in [-0.2, 0) is 0 Å². The third kappa shape index (κ3) is 4.05. The Morgan fingerprint density at radius 1 is 1.18 bits per heavy atom. The van der Waals surface area contributed by atoms with Crippen LogP contribution in [0.5, 0.6) is 5.75 Å². The normalized spacial score (nSPS) is 11.9. The van der Waals surface area contributed by atoms with Gasteiger partial charge in [0.05, 0.1) is 11.6 Å². The van der Waals surface area contributed by atoms with E-state index in [0.29, 0.717) is 12.8 Å². The Kier molecular flexibility index (Phi) is 5.49. The number of phenolic OH excluding ortho intramolecular Hbond substituents is 1. The predicted octanol–water partition coefficient (Wildman–Crippen LogP) is 2.77. The molecule has 0 spiro atoms. The molecule has 2 aromatic carbocycles. The summed E-state index contributed by atoms with van der Waals surface area (Å²) in [6.07, 6.45) is 1.07. The van der Waals surface area contributed by atoms with Gasteiger partial charge in [-0.2, -0.15) is 0 Å². The van der Waals surface area contributed by atoms with Crippen molar-refractivity contribution in [1.29, 1.82) is 0 Å². The molecule has 3 N–H and O–H groups in total. The topological polar surface area (TPSA) is 69.6 Å². The van der Waals surface area contributed by atoms with Crippen molar-refractivity contribution < 1.29 is 19.4 Å². The standard InChI is InChI=1S/C17H18FNO3/c18-13-8-9-16(21)14(11-13)17(22)19-15(7-4-10-20)12-5-2-1-3-6-12/h1-3,5-6,8-9,11,15,20-21H,4,7,10H2,(H,19,22). The number of halogens is 1. The third-order valence-electron chi connectivity index (χ3n) is 3.36. The lowest BCUT2D eigenvalue weighted by atomic mass is 10.0. The molecular formula is C17H18FNO3. The molecule has 0 heterocycles. The van der Waals surface area contributed by atoms with E-state index >= 15 is 0 Å². The highest BCUT2D eigenvalue weighted by molar-refractivity contribution is 5.97. The van der Waals surface area contributed by atoms with Gasteiger partial charge in [0, 0.05) is 6.61 Å². The number of carbonyl (C=O) groups is 1. The summed E-state index contributed by atoms with van der Waals surface area (Å²) in [6, 6.07) is 12.2. The van der Waals surface area contributed by atoms with Crippen molar-refractivity contribution in [3.63, 3.8) is 0 Å². The summed E-state index contributed by atoms with van der Waals surface area (Å²) in [5, 5.41) is 21.5. The molecule has 2 rings (SSSR count). The van der Waals surface area contributed by atoms with Gasteiger partial charge >= 0.3 is 0 Å². The van der Waals surface area contributed by atoms with E-state index in [1.807, 2.05) is 30.3 Å². The quantitative estimate of drug-likeness (QED) is 0.768. The van der Waals surface area contributed by atoms with Gasteiger partial charge in [0.15, 0.2) is 0 Å². The molecule has 4 nitrogen and oxygen atoms in total. The predicted molar refractivity (Wildman–Crippen MR) is 81.0 cm³/mol. The molecule has 5 heteroatoms. The number of aromatic hydroxyl groups is 1. The molecule has 22 heavy (non-hydrogen) atoms. The van der Waals surface area contributed by atoms with Crippen molar-refractivity contribution in [2.45, 2.75) is 18.9 Å². The van der Waals surface area contributed by atoms with Crippen molar-refractivity contribution in [3.8, 4) is 5.75 Å². The van der Waals surface area contributed by atoms with Gasteiger partial charge in [-0.3, -0.25) is 4.79 Å². The van der Waals surface area contributed by atoms with Gasteiger partial charge in [0.2, 0.25) is 0 Å². The Morgan fingerprint density at radius 2 is 1.91 bits per heavy atom. The second-order valence-electron chi connectivity index (χ2n) is 4.96. The number of carbonyl (C=O) groups excluding carboxylic acids is 1. The Labute approximate surface area is 128 Å². The number of hydrogen-bond donors (Lipinski definition) is 3. The summed E-state index contributed by atoms with van der Waals surface area (Å²) in [6.45, 7) is 0.0183. The largest absolute Gasteiger partial charge is 0.507 e. The lowest BCUT2D eigenvalue weighted by molar-refractivity contribution is 0.0929. The fourth-order valence-corrected chi connectivity index (χ4v) is 2.23. The number of aliphatic hydroxyl groups is 1. The SMILES string of the molecule is O=C(NC(CCCO)c1ccccc1)c1cc(F)ccc1O. The third-order valence-corrected chi connectivity index (χ3v) is 3.36. The summed E-state index contributed by atoms with van der Waals surface area (Å²) in [5.41, 5.74) is 0.783. The van der Waals surface area contributed by atoms with Gasteiger partial charge in [-0.05, 0) is 36.6 Å². The minimum atomic E-state index is -0.588. The molecule has 1 atom stereocenters. The molecule has 0 aliphatic heterocycles. The van der Waals surface area contributed by atoms with Gasteiger partial charge in [-0.15, -0.1) is 0 Å². The number of amides is 1. The maximum absolute atomic E-state index is 13.2. The second kappa shape index (κ2) is 7.56. The van der Waals surface area contributed by atoms with Crippen molar-refractivity contribution in [2.75, 3.05) is 6.61 Å². The molecule has 0 aromatic heterocycles. The Morgan fingerprint density at radius 3 is 2.59 bits per heavy atom. The van der Waals surface area contributed by atoms with E-state index in [0.717, 1.165) is 23.8 Å². The highest BCUT2D eigenvalue weighted by atomic mass is 19.1. The number of nitrogens with one attached hydrogen (secondary N) is 1. The first kappa shape index (κ1) is 16.0. The van der Waals surface area contributed by atoms with Crippen LogP contribution in [0.25, 0.3) is 0 Å². The summed E-state index contributed by atoms with van der Waals surface area (Å²) in [5.74, 6) is -1.41. The first-order chi connectivity index (χ1) is 10.6. The zero-order valence-corrected chi connectivity index (χ0v) is 12.0. The van der Waals surface area contributed by atoms with Crippen LogP contribution in [0, 0.1) is 5.82 Å².